The van der Waals surface area contributed by atoms with Crippen LogP contribution in [0, 0.1) is 0 Å². The van der Waals surface area contributed by atoms with Crippen molar-refractivity contribution in [2.24, 2.45) is 0 Å². The van der Waals surface area contributed by atoms with E-state index in [2.05, 4.69) is 5.32 Å². The summed E-state index contributed by atoms with van der Waals surface area (Å²) in [5, 5.41) is 20.9. The van der Waals surface area contributed by atoms with E-state index in [1.165, 1.54) is 4.90 Å². The van der Waals surface area contributed by atoms with Crippen LogP contribution in [0.15, 0.2) is 0 Å². The minimum atomic E-state index is -0.454. The first-order chi connectivity index (χ1) is 8.78. The smallest absolute Gasteiger partial charge is 0.410 e. The van der Waals surface area contributed by atoms with E-state index >= 15 is 0 Å². The average Bonchev–Trinajstić information content (AvgIpc) is 2.88. The zero-order valence-corrected chi connectivity index (χ0v) is 12.1. The second kappa shape index (κ2) is 7.07. The lowest BCUT2D eigenvalue weighted by Crippen LogP contribution is -2.35. The molecule has 112 valence electrons. The van der Waals surface area contributed by atoms with E-state index in [0.717, 1.165) is 19.5 Å². The van der Waals surface area contributed by atoms with Crippen molar-refractivity contribution in [2.75, 3.05) is 26.2 Å². The summed E-state index contributed by atoms with van der Waals surface area (Å²) in [6, 6.07) is 0. The van der Waals surface area contributed by atoms with Gasteiger partial charge in [-0.25, -0.2) is 4.79 Å². The van der Waals surface area contributed by atoms with Gasteiger partial charge in [-0.15, -0.1) is 0 Å². The fraction of sp³-hybridized carbons (Fsp3) is 0.923. The third kappa shape index (κ3) is 6.75. The number of aliphatic hydroxyl groups excluding tert-OH is 2. The van der Waals surface area contributed by atoms with Crippen LogP contribution in [0.25, 0.3) is 0 Å². The Kier molecular flexibility index (Phi) is 6.03. The molecule has 2 fully saturated rings. The van der Waals surface area contributed by atoms with Gasteiger partial charge in [-0.2, -0.15) is 0 Å². The van der Waals surface area contributed by atoms with Gasteiger partial charge in [0.2, 0.25) is 0 Å². The number of β-amino-alcohol motifs (C(OH)–C–C–N with tert-alkyl or cyclic N) is 2. The van der Waals surface area contributed by atoms with E-state index in [4.69, 9.17) is 9.84 Å². The summed E-state index contributed by atoms with van der Waals surface area (Å²) in [6.07, 6.45) is 0.806. The molecular formula is C13H26N2O4. The molecule has 1 amide bonds. The van der Waals surface area contributed by atoms with Gasteiger partial charge in [0.15, 0.2) is 0 Å². The average molecular weight is 274 g/mol. The number of hydrogen-bond donors (Lipinski definition) is 3. The van der Waals surface area contributed by atoms with E-state index in [1.54, 1.807) is 0 Å². The van der Waals surface area contributed by atoms with Crippen molar-refractivity contribution in [1.29, 1.82) is 0 Å². The molecule has 2 aliphatic heterocycles. The Morgan fingerprint density at radius 3 is 2.26 bits per heavy atom. The van der Waals surface area contributed by atoms with Gasteiger partial charge in [-0.3, -0.25) is 0 Å². The third-order valence-corrected chi connectivity index (χ3v) is 2.85. The maximum atomic E-state index is 11.4. The maximum Gasteiger partial charge on any atom is 0.410 e. The number of aliphatic hydroxyl groups is 2. The molecule has 0 aromatic carbocycles. The van der Waals surface area contributed by atoms with E-state index in [9.17, 15) is 9.90 Å². The molecule has 0 spiro atoms. The number of rotatable bonds is 0. The Labute approximate surface area is 114 Å². The molecule has 6 heteroatoms. The van der Waals surface area contributed by atoms with E-state index in [0.29, 0.717) is 19.5 Å². The second-order valence-corrected chi connectivity index (χ2v) is 6.02. The standard InChI is InChI=1S/C9H17NO3.C4H9NO/c1-9(2,3)13-8(12)10-5-4-7(11)6-10;6-4-1-2-5-3-4/h7,11H,4-6H2,1-3H3;4-6H,1-3H2. The van der Waals surface area contributed by atoms with E-state index in [1.807, 2.05) is 20.8 Å². The highest BCUT2D eigenvalue weighted by Crippen LogP contribution is 2.14. The van der Waals surface area contributed by atoms with Crippen molar-refractivity contribution < 1.29 is 19.7 Å². The number of likely N-dealkylation sites (tertiary alicyclic amines) is 1. The molecule has 2 unspecified atom stereocenters. The first-order valence-electron chi connectivity index (χ1n) is 6.82. The molecule has 2 heterocycles. The van der Waals surface area contributed by atoms with Crippen LogP contribution in [0.1, 0.15) is 33.6 Å². The van der Waals surface area contributed by atoms with Crippen LogP contribution < -0.4 is 5.32 Å². The topological polar surface area (TPSA) is 82.0 Å². The molecule has 2 saturated heterocycles. The first-order valence-corrected chi connectivity index (χ1v) is 6.82. The van der Waals surface area contributed by atoms with Crippen LogP contribution >= 0.6 is 0 Å². The lowest BCUT2D eigenvalue weighted by molar-refractivity contribution is 0.0270. The predicted molar refractivity (Wildman–Crippen MR) is 71.9 cm³/mol. The van der Waals surface area contributed by atoms with Crippen molar-refractivity contribution in [1.82, 2.24) is 10.2 Å². The number of ether oxygens (including phenoxy) is 1. The van der Waals surface area contributed by atoms with Gasteiger partial charge in [0.05, 0.1) is 12.2 Å². The quantitative estimate of drug-likeness (QED) is 0.593. The van der Waals surface area contributed by atoms with Crippen molar-refractivity contribution in [3.05, 3.63) is 0 Å². The van der Waals surface area contributed by atoms with Gasteiger partial charge in [0.25, 0.3) is 0 Å². The summed E-state index contributed by atoms with van der Waals surface area (Å²) in [4.78, 5) is 12.9. The lowest BCUT2D eigenvalue weighted by atomic mass is 10.2. The van der Waals surface area contributed by atoms with Crippen LogP contribution in [-0.4, -0.2) is 65.2 Å². The molecule has 2 aliphatic rings. The summed E-state index contributed by atoms with van der Waals surface area (Å²) < 4.78 is 5.15. The van der Waals surface area contributed by atoms with Crippen molar-refractivity contribution in [3.8, 4) is 0 Å². The highest BCUT2D eigenvalue weighted by Gasteiger charge is 2.28. The van der Waals surface area contributed by atoms with Crippen LogP contribution in [0.2, 0.25) is 0 Å². The Morgan fingerprint density at radius 2 is 1.95 bits per heavy atom. The Hall–Kier alpha value is -0.850. The molecule has 0 aliphatic carbocycles. The molecule has 0 aromatic heterocycles. The van der Waals surface area contributed by atoms with Gasteiger partial charge >= 0.3 is 6.09 Å². The minimum Gasteiger partial charge on any atom is -0.444 e. The summed E-state index contributed by atoms with van der Waals surface area (Å²) in [7, 11) is 0. The van der Waals surface area contributed by atoms with Gasteiger partial charge in [0.1, 0.15) is 5.60 Å². The minimum absolute atomic E-state index is 0.0648. The van der Waals surface area contributed by atoms with Crippen LogP contribution in [0.4, 0.5) is 4.79 Å². The molecular weight excluding hydrogens is 248 g/mol. The van der Waals surface area contributed by atoms with E-state index in [-0.39, 0.29) is 18.3 Å². The molecule has 0 bridgehead atoms. The monoisotopic (exact) mass is 274 g/mol. The first kappa shape index (κ1) is 16.2. The molecule has 0 radical (unpaired) electrons. The number of amides is 1. The normalized spacial score (nSPS) is 26.9. The number of hydrogen-bond acceptors (Lipinski definition) is 5. The summed E-state index contributed by atoms with van der Waals surface area (Å²) in [5.74, 6) is 0. The summed E-state index contributed by atoms with van der Waals surface area (Å²) in [6.45, 7) is 8.26. The number of carbonyl (C=O) groups excluding carboxylic acids is 1. The molecule has 19 heavy (non-hydrogen) atoms. The van der Waals surface area contributed by atoms with Crippen molar-refractivity contribution in [3.63, 3.8) is 0 Å². The van der Waals surface area contributed by atoms with Crippen molar-refractivity contribution in [2.45, 2.75) is 51.4 Å². The third-order valence-electron chi connectivity index (χ3n) is 2.85. The maximum absolute atomic E-state index is 11.4. The Bertz CT molecular complexity index is 285. The summed E-state index contributed by atoms with van der Waals surface area (Å²) >= 11 is 0. The number of nitrogens with one attached hydrogen (secondary N) is 1. The SMILES string of the molecule is CC(C)(C)OC(=O)N1CCC(O)C1.OC1CCNC1. The molecule has 2 rings (SSSR count). The molecule has 6 nitrogen and oxygen atoms in total. The molecule has 2 atom stereocenters. The van der Waals surface area contributed by atoms with Gasteiger partial charge in [0, 0.05) is 19.6 Å². The molecule has 0 aromatic rings. The Morgan fingerprint density at radius 1 is 1.26 bits per heavy atom. The highest BCUT2D eigenvalue weighted by atomic mass is 16.6. The van der Waals surface area contributed by atoms with Crippen molar-refractivity contribution >= 4 is 6.09 Å². The number of nitrogens with zero attached hydrogens (tertiary/aromatic N) is 1. The van der Waals surface area contributed by atoms with Gasteiger partial charge in [-0.1, -0.05) is 0 Å². The second-order valence-electron chi connectivity index (χ2n) is 6.02. The van der Waals surface area contributed by atoms with E-state index < -0.39 is 5.60 Å². The van der Waals surface area contributed by atoms with Gasteiger partial charge < -0.3 is 25.2 Å². The molecule has 3 N–H and O–H groups in total. The largest absolute Gasteiger partial charge is 0.444 e. The zero-order chi connectivity index (χ0) is 14.5. The molecule has 0 saturated carbocycles. The fourth-order valence-corrected chi connectivity index (χ4v) is 1.87. The predicted octanol–water partition coefficient (Wildman–Crippen LogP) is 0.329. The van der Waals surface area contributed by atoms with Crippen LogP contribution in [0.3, 0.4) is 0 Å². The Balaban J connectivity index is 0.000000250. The lowest BCUT2D eigenvalue weighted by Gasteiger charge is -2.24. The van der Waals surface area contributed by atoms with Gasteiger partial charge in [-0.05, 0) is 40.2 Å². The van der Waals surface area contributed by atoms with Crippen LogP contribution in [0.5, 0.6) is 0 Å². The highest BCUT2D eigenvalue weighted by molar-refractivity contribution is 5.68. The van der Waals surface area contributed by atoms with Crippen LogP contribution in [-0.2, 0) is 4.74 Å². The summed E-state index contributed by atoms with van der Waals surface area (Å²) in [5.41, 5.74) is -0.454. The number of carbonyl (C=O) groups is 1. The fourth-order valence-electron chi connectivity index (χ4n) is 1.87. The zero-order valence-electron chi connectivity index (χ0n) is 12.1.